The summed E-state index contributed by atoms with van der Waals surface area (Å²) in [6, 6.07) is 17.6. The van der Waals surface area contributed by atoms with Gasteiger partial charge in [0.1, 0.15) is 18.2 Å². The molecule has 0 saturated heterocycles. The smallest absolute Gasteiger partial charge is 0.149 e. The number of hydrogen-bond donors (Lipinski definition) is 1. The summed E-state index contributed by atoms with van der Waals surface area (Å²) in [5.74, 6) is 0.535. The second-order valence-electron chi connectivity index (χ2n) is 5.49. The van der Waals surface area contributed by atoms with Crippen molar-refractivity contribution in [2.75, 3.05) is 5.32 Å². The number of hydrogen-bond acceptors (Lipinski definition) is 6. The Balaban J connectivity index is 1.94. The fraction of sp³-hybridized carbons (Fsp3) is 0.0556. The number of nitrogens with one attached hydrogen (secondary N) is 1. The van der Waals surface area contributed by atoms with Crippen LogP contribution in [0, 0.1) is 18.3 Å². The van der Waals surface area contributed by atoms with Crippen LogP contribution in [0.1, 0.15) is 11.1 Å². The van der Waals surface area contributed by atoms with Crippen molar-refractivity contribution in [3.63, 3.8) is 0 Å². The quantitative estimate of drug-likeness (QED) is 0.621. The highest BCUT2D eigenvalue weighted by Gasteiger charge is 2.16. The van der Waals surface area contributed by atoms with E-state index in [-0.39, 0.29) is 0 Å². The van der Waals surface area contributed by atoms with Crippen molar-refractivity contribution in [3.05, 3.63) is 66.0 Å². The van der Waals surface area contributed by atoms with E-state index in [0.717, 1.165) is 27.8 Å². The maximum absolute atomic E-state index is 9.68. The van der Waals surface area contributed by atoms with Crippen LogP contribution in [0.5, 0.6) is 0 Å². The van der Waals surface area contributed by atoms with Gasteiger partial charge in [0.05, 0.1) is 16.8 Å². The van der Waals surface area contributed by atoms with Crippen LogP contribution in [0.2, 0.25) is 0 Å². The molecule has 0 aliphatic rings. The van der Waals surface area contributed by atoms with Crippen LogP contribution < -0.4 is 5.32 Å². The predicted molar refractivity (Wildman–Crippen MR) is 93.6 cm³/mol. The van der Waals surface area contributed by atoms with E-state index in [1.165, 1.54) is 6.33 Å². The molecule has 4 rings (SSSR count). The lowest BCUT2D eigenvalue weighted by molar-refractivity contribution is 0.792. The Hall–Kier alpha value is -3.79. The van der Waals surface area contributed by atoms with Crippen molar-refractivity contribution < 1.29 is 0 Å². The molecule has 1 N–H and O–H groups in total. The zero-order valence-corrected chi connectivity index (χ0v) is 13.4. The van der Waals surface area contributed by atoms with Crippen molar-refractivity contribution in [3.8, 4) is 11.8 Å². The van der Waals surface area contributed by atoms with Crippen LogP contribution in [-0.4, -0.2) is 25.2 Å². The average molecular weight is 327 g/mol. The molecule has 25 heavy (non-hydrogen) atoms. The van der Waals surface area contributed by atoms with Crippen LogP contribution in [0.25, 0.3) is 16.6 Å². The summed E-state index contributed by atoms with van der Waals surface area (Å²) in [5, 5.41) is 25.1. The van der Waals surface area contributed by atoms with Crippen LogP contribution in [-0.2, 0) is 0 Å². The van der Waals surface area contributed by atoms with Gasteiger partial charge in [0.15, 0.2) is 0 Å². The number of anilines is 2. The van der Waals surface area contributed by atoms with Gasteiger partial charge in [0.25, 0.3) is 0 Å². The topological polar surface area (TPSA) is 92.3 Å². The van der Waals surface area contributed by atoms with Gasteiger partial charge >= 0.3 is 0 Å². The first-order chi connectivity index (χ1) is 12.3. The number of nitriles is 1. The normalized spacial score (nSPS) is 10.6. The SMILES string of the molecule is Cc1c(C#N)c(Nc2ccccc2)nc2cccc(-n3cnnn3)c12. The molecule has 2 heterocycles. The maximum Gasteiger partial charge on any atom is 0.149 e. The lowest BCUT2D eigenvalue weighted by Gasteiger charge is -2.14. The average Bonchev–Trinajstić information content (AvgIpc) is 3.17. The number of aryl methyl sites for hydroxylation is 1. The van der Waals surface area contributed by atoms with Gasteiger partial charge in [0, 0.05) is 11.1 Å². The van der Waals surface area contributed by atoms with Gasteiger partial charge < -0.3 is 5.32 Å². The molecule has 0 aliphatic carbocycles. The molecule has 0 atom stereocenters. The summed E-state index contributed by atoms with van der Waals surface area (Å²) in [5.41, 5.74) is 3.76. The van der Waals surface area contributed by atoms with Crippen molar-refractivity contribution in [1.29, 1.82) is 5.26 Å². The van der Waals surface area contributed by atoms with Crippen molar-refractivity contribution >= 4 is 22.4 Å². The van der Waals surface area contributed by atoms with Gasteiger partial charge in [-0.25, -0.2) is 4.98 Å². The second kappa shape index (κ2) is 6.02. The molecule has 0 saturated carbocycles. The van der Waals surface area contributed by atoms with Crippen LogP contribution in [0.3, 0.4) is 0 Å². The van der Waals surface area contributed by atoms with E-state index in [9.17, 15) is 5.26 Å². The zero-order valence-electron chi connectivity index (χ0n) is 13.4. The highest BCUT2D eigenvalue weighted by atomic mass is 15.5. The molecule has 0 bridgehead atoms. The first-order valence-electron chi connectivity index (χ1n) is 7.67. The summed E-state index contributed by atoms with van der Waals surface area (Å²) < 4.78 is 1.57. The van der Waals surface area contributed by atoms with E-state index in [1.807, 2.05) is 55.5 Å². The molecular weight excluding hydrogens is 314 g/mol. The molecule has 7 nitrogen and oxygen atoms in total. The van der Waals surface area contributed by atoms with Crippen molar-refractivity contribution in [2.24, 2.45) is 0 Å². The van der Waals surface area contributed by atoms with Crippen molar-refractivity contribution in [2.45, 2.75) is 6.92 Å². The number of aromatic nitrogens is 5. The lowest BCUT2D eigenvalue weighted by atomic mass is 10.0. The third-order valence-electron chi connectivity index (χ3n) is 3.98. The van der Waals surface area contributed by atoms with Gasteiger partial charge in [-0.2, -0.15) is 9.94 Å². The number of nitrogens with zero attached hydrogens (tertiary/aromatic N) is 6. The minimum Gasteiger partial charge on any atom is -0.339 e. The summed E-state index contributed by atoms with van der Waals surface area (Å²) in [4.78, 5) is 4.66. The molecule has 2 aromatic heterocycles. The molecule has 0 spiro atoms. The number of pyridine rings is 1. The molecule has 7 heteroatoms. The number of benzene rings is 2. The predicted octanol–water partition coefficient (Wildman–Crippen LogP) is 3.13. The van der Waals surface area contributed by atoms with Gasteiger partial charge in [-0.3, -0.25) is 0 Å². The Morgan fingerprint density at radius 1 is 1.08 bits per heavy atom. The minimum atomic E-state index is 0.497. The molecular formula is C18H13N7. The van der Waals surface area contributed by atoms with Crippen LogP contribution >= 0.6 is 0 Å². The molecule has 2 aromatic carbocycles. The number of fused-ring (bicyclic) bond motifs is 1. The first kappa shape index (κ1) is 14.8. The van der Waals surface area contributed by atoms with Gasteiger partial charge in [-0.15, -0.1) is 5.10 Å². The maximum atomic E-state index is 9.68. The van der Waals surface area contributed by atoms with E-state index in [2.05, 4.69) is 31.9 Å². The number of tetrazole rings is 1. The Kier molecular flexibility index (Phi) is 3.56. The van der Waals surface area contributed by atoms with Gasteiger partial charge in [-0.1, -0.05) is 24.3 Å². The standard InChI is InChI=1S/C18H13N7/c1-12-14(10-19)18(21-13-6-3-2-4-7-13)22-15-8-5-9-16(17(12)15)25-11-20-23-24-25/h2-9,11H,1H3,(H,21,22). The zero-order chi connectivity index (χ0) is 17.2. The molecule has 4 aromatic rings. The van der Waals surface area contributed by atoms with E-state index in [4.69, 9.17) is 0 Å². The molecule has 0 radical (unpaired) electrons. The fourth-order valence-electron chi connectivity index (χ4n) is 2.83. The molecule has 0 amide bonds. The number of para-hydroxylation sites is 1. The van der Waals surface area contributed by atoms with E-state index < -0.39 is 0 Å². The van der Waals surface area contributed by atoms with Gasteiger partial charge in [-0.05, 0) is 47.2 Å². The minimum absolute atomic E-state index is 0.497. The molecule has 0 aliphatic heterocycles. The number of rotatable bonds is 3. The summed E-state index contributed by atoms with van der Waals surface area (Å²) in [6.07, 6.45) is 1.52. The highest BCUT2D eigenvalue weighted by Crippen LogP contribution is 2.31. The van der Waals surface area contributed by atoms with E-state index in [1.54, 1.807) is 4.68 Å². The second-order valence-corrected chi connectivity index (χ2v) is 5.49. The Morgan fingerprint density at radius 3 is 2.64 bits per heavy atom. The summed E-state index contributed by atoms with van der Waals surface area (Å²) in [6.45, 7) is 1.91. The molecule has 0 fully saturated rings. The lowest BCUT2D eigenvalue weighted by Crippen LogP contribution is -2.03. The summed E-state index contributed by atoms with van der Waals surface area (Å²) >= 11 is 0. The van der Waals surface area contributed by atoms with E-state index >= 15 is 0 Å². The summed E-state index contributed by atoms with van der Waals surface area (Å²) in [7, 11) is 0. The third-order valence-corrected chi connectivity index (χ3v) is 3.98. The van der Waals surface area contributed by atoms with E-state index in [0.29, 0.717) is 11.4 Å². The Bertz CT molecular complexity index is 1080. The Morgan fingerprint density at radius 2 is 1.92 bits per heavy atom. The van der Waals surface area contributed by atoms with Crippen molar-refractivity contribution in [1.82, 2.24) is 25.2 Å². The van der Waals surface area contributed by atoms with Crippen LogP contribution in [0.4, 0.5) is 11.5 Å². The largest absolute Gasteiger partial charge is 0.339 e. The first-order valence-corrected chi connectivity index (χ1v) is 7.67. The fourth-order valence-corrected chi connectivity index (χ4v) is 2.83. The Labute approximate surface area is 143 Å². The monoisotopic (exact) mass is 327 g/mol. The van der Waals surface area contributed by atoms with Gasteiger partial charge in [0.2, 0.25) is 0 Å². The van der Waals surface area contributed by atoms with Crippen LogP contribution in [0.15, 0.2) is 54.9 Å². The highest BCUT2D eigenvalue weighted by molar-refractivity contribution is 5.94. The molecule has 0 unspecified atom stereocenters. The third kappa shape index (κ3) is 2.56. The molecule has 120 valence electrons.